The maximum atomic E-state index is 2.60. The summed E-state index contributed by atoms with van der Waals surface area (Å²) in [6.07, 6.45) is 0. The molecule has 0 N–H and O–H groups in total. The van der Waals surface area contributed by atoms with E-state index in [1.165, 1.54) is 59.7 Å². The largest absolute Gasteiger partial charge is 4.00 e. The number of rotatable bonds is 10. The van der Waals surface area contributed by atoms with Crippen molar-refractivity contribution in [1.29, 1.82) is 0 Å². The molecule has 47 heavy (non-hydrogen) atoms. The molecule has 4 rings (SSSR count). The van der Waals surface area contributed by atoms with Gasteiger partial charge in [-0.15, -0.1) is 5.19 Å². The monoisotopic (exact) mass is 742 g/mol. The second kappa shape index (κ2) is 18.7. The molecular weight excluding hydrogens is 687 g/mol. The number of aryl methyl sites for hydroxylation is 1. The molecule has 0 aliphatic carbocycles. The van der Waals surface area contributed by atoms with Gasteiger partial charge in [-0.1, -0.05) is 160 Å². The van der Waals surface area contributed by atoms with E-state index < -0.39 is 8.07 Å². The summed E-state index contributed by atoms with van der Waals surface area (Å²) in [6, 6.07) is 30.3. The van der Waals surface area contributed by atoms with Crippen LogP contribution < -0.4 is 58.0 Å². The average molecular weight is 744 g/mol. The topological polar surface area (TPSA) is 0 Å². The van der Waals surface area contributed by atoms with Gasteiger partial charge >= 0.3 is 21.7 Å². The third-order valence-electron chi connectivity index (χ3n) is 9.57. The fraction of sp³-hybridized carbons (Fsp3) is 0.452. The van der Waals surface area contributed by atoms with Crippen molar-refractivity contribution in [3.63, 3.8) is 0 Å². The predicted molar refractivity (Wildman–Crippen MR) is 195 cm³/mol. The first-order chi connectivity index (χ1) is 20.1. The van der Waals surface area contributed by atoms with Gasteiger partial charge < -0.3 is 37.2 Å². The summed E-state index contributed by atoms with van der Waals surface area (Å²) in [7, 11) is -2.74. The van der Waals surface area contributed by atoms with Crippen LogP contribution in [0.1, 0.15) is 158 Å². The van der Waals surface area contributed by atoms with Crippen LogP contribution in [-0.2, 0) is 21.7 Å². The van der Waals surface area contributed by atoms with E-state index in [9.17, 15) is 0 Å². The number of halogens is 3. The van der Waals surface area contributed by atoms with E-state index in [-0.39, 0.29) is 58.9 Å². The van der Waals surface area contributed by atoms with Crippen LogP contribution >= 0.6 is 0 Å². The summed E-state index contributed by atoms with van der Waals surface area (Å²) in [4.78, 5) is 0. The van der Waals surface area contributed by atoms with E-state index in [0.717, 1.165) is 0 Å². The molecule has 0 aliphatic rings. The van der Waals surface area contributed by atoms with E-state index in [0.29, 0.717) is 35.5 Å². The molecule has 254 valence electrons. The Morgan fingerprint density at radius 1 is 0.426 bits per heavy atom. The molecule has 0 saturated carbocycles. The van der Waals surface area contributed by atoms with Gasteiger partial charge in [0.1, 0.15) is 8.07 Å². The molecule has 0 nitrogen and oxygen atoms in total. The maximum Gasteiger partial charge on any atom is 4.00 e. The van der Waals surface area contributed by atoms with Crippen molar-refractivity contribution in [1.82, 2.24) is 0 Å². The van der Waals surface area contributed by atoms with Crippen LogP contribution in [0.4, 0.5) is 0 Å². The zero-order valence-electron chi connectivity index (χ0n) is 31.0. The second-order valence-corrected chi connectivity index (χ2v) is 18.8. The van der Waals surface area contributed by atoms with Crippen LogP contribution in [0, 0.1) is 6.92 Å². The van der Waals surface area contributed by atoms with E-state index in [1.54, 1.807) is 0 Å². The van der Waals surface area contributed by atoms with Gasteiger partial charge in [0.05, 0.1) is 0 Å². The molecule has 5 heteroatoms. The minimum atomic E-state index is -2.74. The maximum absolute atomic E-state index is 2.74. The summed E-state index contributed by atoms with van der Waals surface area (Å²) in [5.74, 6) is 2.79. The van der Waals surface area contributed by atoms with Crippen molar-refractivity contribution >= 4 is 28.8 Å². The minimum Gasteiger partial charge on any atom is -1.00 e. The Bertz CT molecular complexity index is 1330. The Morgan fingerprint density at radius 3 is 0.830 bits per heavy atom. The van der Waals surface area contributed by atoms with Gasteiger partial charge in [0, 0.05) is 0 Å². The van der Waals surface area contributed by atoms with Crippen LogP contribution in [0.25, 0.3) is 0 Å². The Morgan fingerprint density at radius 2 is 0.660 bits per heavy atom. The fourth-order valence-electron chi connectivity index (χ4n) is 6.48. The van der Waals surface area contributed by atoms with E-state index in [4.69, 9.17) is 0 Å². The summed E-state index contributed by atoms with van der Waals surface area (Å²) in [5.41, 5.74) is 10.1. The molecule has 0 amide bonds. The van der Waals surface area contributed by atoms with Gasteiger partial charge in [-0.25, -0.2) is 11.6 Å². The van der Waals surface area contributed by atoms with Crippen molar-refractivity contribution in [3.05, 3.63) is 112 Å². The van der Waals surface area contributed by atoms with E-state index in [2.05, 4.69) is 163 Å². The molecule has 0 fully saturated rings. The quantitative estimate of drug-likeness (QED) is 0.129. The van der Waals surface area contributed by atoms with E-state index >= 15 is 0 Å². The average Bonchev–Trinajstić information content (AvgIpc) is 3.38. The van der Waals surface area contributed by atoms with Crippen molar-refractivity contribution in [2.24, 2.45) is 0 Å². The molecule has 0 atom stereocenters. The fourth-order valence-corrected chi connectivity index (χ4v) is 11.6. The van der Waals surface area contributed by atoms with Crippen LogP contribution in [0.2, 0.25) is 0 Å². The van der Waals surface area contributed by atoms with Gasteiger partial charge in [-0.2, -0.15) is 12.1 Å². The third kappa shape index (κ3) is 9.74. The Hall–Kier alpha value is -1.19. The first-order valence-corrected chi connectivity index (χ1v) is 18.8. The Labute approximate surface area is 322 Å². The summed E-state index contributed by atoms with van der Waals surface area (Å²) >= 11 is 0. The Kier molecular flexibility index (Phi) is 18.2. The van der Waals surface area contributed by atoms with Crippen LogP contribution in [0.3, 0.4) is 0 Å². The predicted octanol–water partition coefficient (Wildman–Crippen LogP) is 0.841. The van der Waals surface area contributed by atoms with Gasteiger partial charge in [0.25, 0.3) is 0 Å². The Balaban J connectivity index is 0.00000529. The summed E-state index contributed by atoms with van der Waals surface area (Å²) < 4.78 is 0. The molecule has 0 heterocycles. The molecule has 0 aromatic heterocycles. The van der Waals surface area contributed by atoms with Crippen LogP contribution in [0.15, 0.2) is 72.8 Å². The molecule has 4 aromatic carbocycles. The first kappa shape index (κ1) is 45.8. The van der Waals surface area contributed by atoms with Gasteiger partial charge in [-0.05, 0) is 68.9 Å². The SMILES string of the molecule is Cc1cc[c-]([Si](c2cc(C(C)C)cc(C(C)C)c2)(c2cc(C(C)C)cc(C(C)C)c2)c2cc(C(C)C)cc(C(C)C)c2)c1.[Cl-].[Cl-].[Cl-].[Ti+4]. The molecule has 0 radical (unpaired) electrons. The molecule has 0 aliphatic heterocycles. The smallest absolute Gasteiger partial charge is 1.00 e. The van der Waals surface area contributed by atoms with E-state index in [1.807, 2.05) is 0 Å². The number of benzene rings is 3. The zero-order valence-corrected chi connectivity index (χ0v) is 35.9. The van der Waals surface area contributed by atoms with Crippen molar-refractivity contribution < 1.29 is 58.9 Å². The molecular formula is C42H57Cl3SiTi. The van der Waals surface area contributed by atoms with Crippen molar-refractivity contribution in [3.8, 4) is 0 Å². The van der Waals surface area contributed by atoms with Crippen LogP contribution in [0.5, 0.6) is 0 Å². The molecule has 4 aromatic rings. The normalized spacial score (nSPS) is 11.6. The first-order valence-electron chi connectivity index (χ1n) is 16.8. The van der Waals surface area contributed by atoms with Crippen molar-refractivity contribution in [2.75, 3.05) is 0 Å². The molecule has 0 saturated heterocycles. The van der Waals surface area contributed by atoms with Gasteiger partial charge in [0.15, 0.2) is 0 Å². The number of hydrogen-bond acceptors (Lipinski definition) is 0. The van der Waals surface area contributed by atoms with Crippen molar-refractivity contribution in [2.45, 2.75) is 126 Å². The molecule has 0 unspecified atom stereocenters. The standard InChI is InChI=1S/C42H57Si.3ClH.Ti/c1-26(2)33-17-34(27(3)4)21-40(20-33)43(39-15-14-32(13)16-39,41-22-35(28(5)6)18-36(23-41)29(7)8)42-24-37(30(9)10)19-38(25-42)31(11)12;;;;/h14-31H,1-13H3;3*1H;/q-1;;;;+4/p-3. The zero-order chi connectivity index (χ0) is 31.8. The third-order valence-corrected chi connectivity index (χ3v) is 14.2. The molecule has 0 bridgehead atoms. The second-order valence-electron chi connectivity index (χ2n) is 15.0. The number of hydrogen-bond donors (Lipinski definition) is 0. The summed E-state index contributed by atoms with van der Waals surface area (Å²) in [5, 5.41) is 6.09. The van der Waals surface area contributed by atoms with Gasteiger partial charge in [0.2, 0.25) is 0 Å². The minimum absolute atomic E-state index is 0. The van der Waals surface area contributed by atoms with Gasteiger partial charge in [-0.3, -0.25) is 0 Å². The molecule has 0 spiro atoms. The summed E-state index contributed by atoms with van der Waals surface area (Å²) in [6.45, 7) is 30.5. The van der Waals surface area contributed by atoms with Crippen LogP contribution in [-0.4, -0.2) is 8.07 Å².